The highest BCUT2D eigenvalue weighted by Crippen LogP contribution is 2.35. The second-order valence-electron chi connectivity index (χ2n) is 12.3. The van der Waals surface area contributed by atoms with Gasteiger partial charge >= 0.3 is 0 Å². The molecule has 0 radical (unpaired) electrons. The maximum absolute atomic E-state index is 6.15. The van der Waals surface area contributed by atoms with E-state index in [9.17, 15) is 0 Å². The molecule has 0 N–H and O–H groups in total. The average molecular weight is 525 g/mol. The van der Waals surface area contributed by atoms with E-state index < -0.39 is 0 Å². The van der Waals surface area contributed by atoms with Crippen LogP contribution >= 0.6 is 11.8 Å². The molecule has 0 aliphatic heterocycles. The van der Waals surface area contributed by atoms with Gasteiger partial charge in [-0.15, -0.1) is 0 Å². The van der Waals surface area contributed by atoms with Crippen LogP contribution in [0.2, 0.25) is 0 Å². The molecule has 4 rings (SSSR count). The largest absolute Gasteiger partial charge is 0.488 e. The molecule has 0 aliphatic rings. The summed E-state index contributed by atoms with van der Waals surface area (Å²) in [4.78, 5) is 2.34. The van der Waals surface area contributed by atoms with Crippen molar-refractivity contribution < 1.29 is 9.47 Å². The minimum absolute atomic E-state index is 0.0924. The van der Waals surface area contributed by atoms with Crippen molar-refractivity contribution in [3.63, 3.8) is 0 Å². The van der Waals surface area contributed by atoms with Crippen LogP contribution in [-0.2, 0) is 10.8 Å². The fourth-order valence-electron chi connectivity index (χ4n) is 4.27. The highest BCUT2D eigenvalue weighted by Gasteiger charge is 2.24. The van der Waals surface area contributed by atoms with Gasteiger partial charge in [0, 0.05) is 15.2 Å². The predicted octanol–water partition coefficient (Wildman–Crippen LogP) is 10.4. The van der Waals surface area contributed by atoms with Crippen molar-refractivity contribution in [1.29, 1.82) is 0 Å². The zero-order chi connectivity index (χ0) is 27.6. The van der Waals surface area contributed by atoms with Gasteiger partial charge in [-0.2, -0.15) is 0 Å². The monoisotopic (exact) mass is 524 g/mol. The molecule has 0 saturated heterocycles. The maximum Gasteiger partial charge on any atom is 0.127 e. The van der Waals surface area contributed by atoms with Gasteiger partial charge in [-0.05, 0) is 104 Å². The summed E-state index contributed by atoms with van der Waals surface area (Å²) in [6.45, 7) is 17.5. The summed E-state index contributed by atoms with van der Waals surface area (Å²) in [6, 6.07) is 34.0. The first-order valence-electron chi connectivity index (χ1n) is 13.3. The summed E-state index contributed by atoms with van der Waals surface area (Å²) in [7, 11) is 0. The fourth-order valence-corrected chi connectivity index (χ4v) is 5.09. The summed E-state index contributed by atoms with van der Waals surface area (Å²) >= 11 is 1.72. The van der Waals surface area contributed by atoms with E-state index in [1.165, 1.54) is 21.6 Å². The van der Waals surface area contributed by atoms with Gasteiger partial charge in [-0.25, -0.2) is 0 Å². The molecule has 0 atom stereocenters. The smallest absolute Gasteiger partial charge is 0.127 e. The first kappa shape index (κ1) is 27.9. The second kappa shape index (κ2) is 10.9. The highest BCUT2D eigenvalue weighted by atomic mass is 32.2. The van der Waals surface area contributed by atoms with Gasteiger partial charge in [-0.3, -0.25) is 0 Å². The molecule has 0 heterocycles. The Bertz CT molecular complexity index is 1320. The van der Waals surface area contributed by atoms with Gasteiger partial charge in [0.1, 0.15) is 22.8 Å². The molecule has 4 aromatic rings. The average Bonchev–Trinajstić information content (AvgIpc) is 2.85. The number of rotatable bonds is 7. The van der Waals surface area contributed by atoms with Crippen molar-refractivity contribution in [2.75, 3.05) is 0 Å². The summed E-state index contributed by atoms with van der Waals surface area (Å²) in [6.07, 6.45) is 0. The highest BCUT2D eigenvalue weighted by molar-refractivity contribution is 7.99. The molecule has 38 heavy (non-hydrogen) atoms. The first-order valence-corrected chi connectivity index (χ1v) is 14.1. The topological polar surface area (TPSA) is 18.5 Å². The Labute approximate surface area is 233 Å². The zero-order valence-electron chi connectivity index (χ0n) is 24.0. The molecular formula is C35H40O2S. The molecular weight excluding hydrogens is 484 g/mol. The molecule has 3 heteroatoms. The molecule has 0 bridgehead atoms. The van der Waals surface area contributed by atoms with Crippen molar-refractivity contribution >= 4 is 11.8 Å². The standard InChI is InChI=1S/C35H40O2S/c1-33(2,3)25-9-11-26(12-10-25)35(7,8)27-13-15-28(16-14-27)36-29-17-21-31(22-18-29)38-32-23-19-30(20-24-32)37-34(4,5)6/h9-24H,1-8H3. The first-order chi connectivity index (χ1) is 17.8. The number of hydrogen-bond acceptors (Lipinski definition) is 3. The van der Waals surface area contributed by atoms with Crippen molar-refractivity contribution in [3.8, 4) is 17.2 Å². The van der Waals surface area contributed by atoms with Crippen LogP contribution in [0.5, 0.6) is 17.2 Å². The van der Waals surface area contributed by atoms with E-state index in [2.05, 4.69) is 128 Å². The van der Waals surface area contributed by atoms with E-state index in [4.69, 9.17) is 9.47 Å². The van der Waals surface area contributed by atoms with Crippen LogP contribution < -0.4 is 9.47 Å². The van der Waals surface area contributed by atoms with E-state index in [1.807, 2.05) is 24.3 Å². The third kappa shape index (κ3) is 7.23. The van der Waals surface area contributed by atoms with Crippen molar-refractivity contribution in [3.05, 3.63) is 114 Å². The van der Waals surface area contributed by atoms with Crippen LogP contribution in [0.3, 0.4) is 0 Å². The summed E-state index contributed by atoms with van der Waals surface area (Å²) in [5, 5.41) is 0. The third-order valence-corrected chi connectivity index (χ3v) is 7.61. The number of ether oxygens (including phenoxy) is 2. The van der Waals surface area contributed by atoms with Crippen LogP contribution in [0.25, 0.3) is 0 Å². The molecule has 0 amide bonds. The Morgan fingerprint density at radius 2 is 0.816 bits per heavy atom. The lowest BCUT2D eigenvalue weighted by atomic mass is 9.77. The Kier molecular flexibility index (Phi) is 7.99. The Hall–Kier alpha value is -3.17. The van der Waals surface area contributed by atoms with Crippen molar-refractivity contribution in [2.24, 2.45) is 0 Å². The summed E-state index contributed by atoms with van der Waals surface area (Å²) in [5.74, 6) is 2.55. The molecule has 0 aliphatic carbocycles. The van der Waals surface area contributed by atoms with Crippen LogP contribution in [-0.4, -0.2) is 5.60 Å². The molecule has 0 aromatic heterocycles. The number of benzene rings is 4. The molecule has 0 unspecified atom stereocenters. The molecule has 2 nitrogen and oxygen atoms in total. The quantitative estimate of drug-likeness (QED) is 0.239. The lowest BCUT2D eigenvalue weighted by Gasteiger charge is -2.28. The van der Waals surface area contributed by atoms with E-state index >= 15 is 0 Å². The van der Waals surface area contributed by atoms with Crippen LogP contribution in [0.15, 0.2) is 107 Å². The maximum atomic E-state index is 6.15. The fraction of sp³-hybridized carbons (Fsp3) is 0.314. The molecule has 0 fully saturated rings. The van der Waals surface area contributed by atoms with E-state index in [0.29, 0.717) is 0 Å². The molecule has 0 saturated carbocycles. The van der Waals surface area contributed by atoms with Crippen molar-refractivity contribution in [2.45, 2.75) is 81.6 Å². The van der Waals surface area contributed by atoms with Crippen LogP contribution in [0.1, 0.15) is 72.1 Å². The molecule has 198 valence electrons. The Morgan fingerprint density at radius 3 is 1.24 bits per heavy atom. The van der Waals surface area contributed by atoms with Crippen molar-refractivity contribution in [1.82, 2.24) is 0 Å². The van der Waals surface area contributed by atoms with Gasteiger partial charge in [0.05, 0.1) is 0 Å². The van der Waals surface area contributed by atoms with Crippen LogP contribution in [0.4, 0.5) is 0 Å². The van der Waals surface area contributed by atoms with E-state index in [-0.39, 0.29) is 16.4 Å². The van der Waals surface area contributed by atoms with Gasteiger partial charge in [0.15, 0.2) is 0 Å². The van der Waals surface area contributed by atoms with E-state index in [0.717, 1.165) is 22.1 Å². The lowest BCUT2D eigenvalue weighted by molar-refractivity contribution is 0.131. The Morgan fingerprint density at radius 1 is 0.447 bits per heavy atom. The minimum Gasteiger partial charge on any atom is -0.488 e. The zero-order valence-corrected chi connectivity index (χ0v) is 24.8. The summed E-state index contributed by atoms with van der Waals surface area (Å²) in [5.41, 5.74) is 3.80. The summed E-state index contributed by atoms with van der Waals surface area (Å²) < 4.78 is 12.1. The lowest BCUT2D eigenvalue weighted by Crippen LogP contribution is -2.22. The second-order valence-corrected chi connectivity index (χ2v) is 13.5. The predicted molar refractivity (Wildman–Crippen MR) is 161 cm³/mol. The molecule has 4 aromatic carbocycles. The minimum atomic E-state index is -0.195. The van der Waals surface area contributed by atoms with Gasteiger partial charge in [0.25, 0.3) is 0 Å². The van der Waals surface area contributed by atoms with E-state index in [1.54, 1.807) is 11.8 Å². The SMILES string of the molecule is CC(C)(C)Oc1ccc(Sc2ccc(Oc3ccc(C(C)(C)c4ccc(C(C)(C)C)cc4)cc3)cc2)cc1. The third-order valence-electron chi connectivity index (χ3n) is 6.59. The van der Waals surface area contributed by atoms with Gasteiger partial charge < -0.3 is 9.47 Å². The molecule has 0 spiro atoms. The van der Waals surface area contributed by atoms with Gasteiger partial charge in [-0.1, -0.05) is 82.8 Å². The van der Waals surface area contributed by atoms with Crippen LogP contribution in [0, 0.1) is 0 Å². The van der Waals surface area contributed by atoms with Gasteiger partial charge in [0.2, 0.25) is 0 Å². The Balaban J connectivity index is 1.38. The normalized spacial score (nSPS) is 12.3. The number of hydrogen-bond donors (Lipinski definition) is 0.